The zero-order valence-corrected chi connectivity index (χ0v) is 30.2. The Kier molecular flexibility index (Phi) is 10.8. The van der Waals surface area contributed by atoms with Crippen molar-refractivity contribution in [2.75, 3.05) is 36.9 Å². The fourth-order valence-electron chi connectivity index (χ4n) is 7.66. The number of nitrogens with one attached hydrogen (secondary N) is 3. The van der Waals surface area contributed by atoms with Gasteiger partial charge in [-0.1, -0.05) is 35.5 Å². The highest BCUT2D eigenvalue weighted by Crippen LogP contribution is 2.56. The number of anilines is 4. The molecule has 0 bridgehead atoms. The van der Waals surface area contributed by atoms with Crippen molar-refractivity contribution in [3.8, 4) is 5.75 Å². The number of benzene rings is 2. The molecular formula is C29H47B7N6O3S. The van der Waals surface area contributed by atoms with Crippen LogP contribution in [0.15, 0.2) is 59.6 Å². The Morgan fingerprint density at radius 2 is 1.52 bits per heavy atom. The maximum atomic E-state index is 14.1. The highest BCUT2D eigenvalue weighted by molar-refractivity contribution is 7.89. The minimum Gasteiger partial charge on any atom is -0.492 e. The van der Waals surface area contributed by atoms with E-state index >= 15 is 0 Å². The summed E-state index contributed by atoms with van der Waals surface area (Å²) in [5, 5.41) is 5.43. The van der Waals surface area contributed by atoms with E-state index in [9.17, 15) is 8.42 Å². The van der Waals surface area contributed by atoms with E-state index in [2.05, 4.69) is 94.0 Å². The molecule has 0 spiro atoms. The third-order valence-electron chi connectivity index (χ3n) is 9.03. The van der Waals surface area contributed by atoms with Crippen LogP contribution in [0, 0.1) is 6.92 Å². The van der Waals surface area contributed by atoms with Crippen LogP contribution in [0.4, 0.5) is 23.1 Å². The third kappa shape index (κ3) is 8.20. The van der Waals surface area contributed by atoms with Crippen LogP contribution in [-0.4, -0.2) is 110 Å². The quantitative estimate of drug-likeness (QED) is 0.185. The second-order valence-electron chi connectivity index (χ2n) is 15.5. The van der Waals surface area contributed by atoms with Crippen molar-refractivity contribution >= 4 is 88.1 Å². The molecule has 1 saturated heterocycles. The molecule has 2 heterocycles. The average molecular weight is 635 g/mol. The second-order valence-corrected chi connectivity index (χ2v) is 17.2. The van der Waals surface area contributed by atoms with Crippen molar-refractivity contribution in [2.45, 2.75) is 59.6 Å². The van der Waals surface area contributed by atoms with Crippen LogP contribution in [0.2, 0.25) is 15.5 Å². The molecule has 1 fully saturated rings. The summed E-state index contributed by atoms with van der Waals surface area (Å²) in [7, 11) is 10.8. The van der Waals surface area contributed by atoms with Gasteiger partial charge in [-0.05, 0) is 75.3 Å². The van der Waals surface area contributed by atoms with Gasteiger partial charge in [-0.15, -0.1) is 0 Å². The van der Waals surface area contributed by atoms with Crippen molar-refractivity contribution in [3.05, 3.63) is 60.3 Å². The summed E-state index contributed by atoms with van der Waals surface area (Å²) in [6.45, 7) is 10.1. The molecule has 0 radical (unpaired) electrons. The van der Waals surface area contributed by atoms with Gasteiger partial charge >= 0.3 is 0 Å². The molecule has 0 saturated carbocycles. The van der Waals surface area contributed by atoms with Crippen LogP contribution < -0.4 is 20.1 Å². The SMILES string of the molecule is BC(B)(B)C(NS(=O)(=O)c1cccc(Nc2nc(Nc3ccc(OCCN4CCCC4)cc3)ncc2C)c1)(C(B)(B)C)C(B)(B)C. The summed E-state index contributed by atoms with van der Waals surface area (Å²) in [4.78, 5) is 11.8. The number of ether oxygens (including phenoxy) is 1. The van der Waals surface area contributed by atoms with Gasteiger partial charge in [0.15, 0.2) is 0 Å². The van der Waals surface area contributed by atoms with E-state index in [0.29, 0.717) is 24.1 Å². The largest absolute Gasteiger partial charge is 0.492 e. The zero-order valence-electron chi connectivity index (χ0n) is 29.4. The highest BCUT2D eigenvalue weighted by atomic mass is 32.2. The predicted molar refractivity (Wildman–Crippen MR) is 210 cm³/mol. The van der Waals surface area contributed by atoms with E-state index in [1.54, 1.807) is 24.4 Å². The van der Waals surface area contributed by atoms with Crippen molar-refractivity contribution < 1.29 is 13.2 Å². The Morgan fingerprint density at radius 1 is 0.891 bits per heavy atom. The molecule has 3 aromatic rings. The van der Waals surface area contributed by atoms with E-state index in [1.807, 2.05) is 37.3 Å². The minimum atomic E-state index is -3.90. The smallest absolute Gasteiger partial charge is 0.241 e. The number of hydrogen-bond acceptors (Lipinski definition) is 8. The van der Waals surface area contributed by atoms with Crippen LogP contribution in [0.25, 0.3) is 0 Å². The van der Waals surface area contributed by atoms with Gasteiger partial charge in [0, 0.05) is 35.2 Å². The van der Waals surface area contributed by atoms with Gasteiger partial charge in [0.05, 0.1) is 28.4 Å². The Hall–Kier alpha value is -2.76. The van der Waals surface area contributed by atoms with Crippen LogP contribution >= 0.6 is 0 Å². The van der Waals surface area contributed by atoms with Gasteiger partial charge < -0.3 is 15.4 Å². The normalized spacial score (nSPS) is 15.0. The summed E-state index contributed by atoms with van der Waals surface area (Å²) in [6, 6.07) is 14.6. The van der Waals surface area contributed by atoms with Crippen LogP contribution in [0.1, 0.15) is 32.3 Å². The van der Waals surface area contributed by atoms with E-state index in [1.165, 1.54) is 12.8 Å². The first-order chi connectivity index (χ1) is 21.3. The lowest BCUT2D eigenvalue weighted by Gasteiger charge is -2.62. The van der Waals surface area contributed by atoms with Crippen molar-refractivity contribution in [1.82, 2.24) is 19.6 Å². The number of aromatic nitrogens is 2. The topological polar surface area (TPSA) is 108 Å². The molecule has 9 nitrogen and oxygen atoms in total. The molecular weight excluding hydrogens is 588 g/mol. The van der Waals surface area contributed by atoms with Crippen LogP contribution in [0.3, 0.4) is 0 Å². The maximum Gasteiger partial charge on any atom is 0.241 e. The molecule has 46 heavy (non-hydrogen) atoms. The summed E-state index contributed by atoms with van der Waals surface area (Å²) >= 11 is 0. The Labute approximate surface area is 282 Å². The predicted octanol–water partition coefficient (Wildman–Crippen LogP) is -1.46. The van der Waals surface area contributed by atoms with Gasteiger partial charge in [-0.3, -0.25) is 4.90 Å². The minimum absolute atomic E-state index is 0.187. The van der Waals surface area contributed by atoms with Gasteiger partial charge in [0.2, 0.25) is 16.0 Å². The lowest BCUT2D eigenvalue weighted by molar-refractivity contribution is 0.238. The van der Waals surface area contributed by atoms with Crippen molar-refractivity contribution in [1.29, 1.82) is 0 Å². The molecule has 0 atom stereocenters. The fraction of sp³-hybridized carbons (Fsp3) is 0.448. The first kappa shape index (κ1) is 36.1. The van der Waals surface area contributed by atoms with Crippen molar-refractivity contribution in [2.24, 2.45) is 0 Å². The van der Waals surface area contributed by atoms with Gasteiger partial charge in [-0.2, -0.15) is 4.98 Å². The zero-order chi connectivity index (χ0) is 34.0. The number of hydrogen-bond donors (Lipinski definition) is 3. The molecule has 3 N–H and O–H groups in total. The molecule has 0 aliphatic carbocycles. The molecule has 0 amide bonds. The van der Waals surface area contributed by atoms with E-state index in [0.717, 1.165) is 36.6 Å². The first-order valence-electron chi connectivity index (χ1n) is 16.3. The van der Waals surface area contributed by atoms with E-state index < -0.39 is 15.6 Å². The third-order valence-corrected chi connectivity index (χ3v) is 10.5. The molecule has 1 aromatic heterocycles. The monoisotopic (exact) mass is 636 g/mol. The lowest BCUT2D eigenvalue weighted by Crippen LogP contribution is -2.69. The van der Waals surface area contributed by atoms with Gasteiger partial charge in [0.25, 0.3) is 0 Å². The number of nitrogens with zero attached hydrogens (tertiary/aromatic N) is 3. The summed E-state index contributed by atoms with van der Waals surface area (Å²) in [5.41, 5.74) is 1.50. The number of aryl methyl sites for hydroxylation is 1. The summed E-state index contributed by atoms with van der Waals surface area (Å²) in [5.74, 6) is 1.83. The highest BCUT2D eigenvalue weighted by Gasteiger charge is 2.57. The van der Waals surface area contributed by atoms with Crippen LogP contribution in [-0.2, 0) is 10.0 Å². The number of likely N-dealkylation sites (tertiary alicyclic amines) is 1. The Bertz CT molecular complexity index is 1570. The second kappa shape index (κ2) is 13.8. The Balaban J connectivity index is 1.49. The molecule has 4 rings (SSSR count). The summed E-state index contributed by atoms with van der Waals surface area (Å²) < 4.78 is 37.3. The molecule has 238 valence electrons. The fourth-order valence-corrected chi connectivity index (χ4v) is 9.64. The van der Waals surface area contributed by atoms with E-state index in [-0.39, 0.29) is 20.4 Å². The first-order valence-corrected chi connectivity index (χ1v) is 17.8. The van der Waals surface area contributed by atoms with Crippen molar-refractivity contribution in [3.63, 3.8) is 0 Å². The molecule has 17 heteroatoms. The Morgan fingerprint density at radius 3 is 2.11 bits per heavy atom. The number of rotatable bonds is 14. The maximum absolute atomic E-state index is 14.1. The molecule has 2 aromatic carbocycles. The van der Waals surface area contributed by atoms with Gasteiger partial charge in [-0.25, -0.2) is 18.1 Å². The van der Waals surface area contributed by atoms with Gasteiger partial charge in [0.1, 0.15) is 49.6 Å². The molecule has 1 aliphatic heterocycles. The van der Waals surface area contributed by atoms with Crippen LogP contribution in [0.5, 0.6) is 5.75 Å². The molecule has 0 unspecified atom stereocenters. The number of sulfonamides is 1. The molecule has 1 aliphatic rings. The summed E-state index contributed by atoms with van der Waals surface area (Å²) in [6.07, 6.45) is 4.29. The van der Waals surface area contributed by atoms with E-state index in [4.69, 9.17) is 9.72 Å². The average Bonchev–Trinajstić information content (AvgIpc) is 3.46. The lowest BCUT2D eigenvalue weighted by atomic mass is 9.19. The standard InChI is InChI=1S/C29H47B7N6O3S/c1-19-18-37-25(39-20-9-11-22(12-10-20)45-16-15-42-13-4-5-14-42)40-24(19)38-21-7-6-8-23(17-21)46(43,44)41-28(26(2,30)31,27(3,32)33)29(34,35)36/h6-12,17-18,41H,4-5,13-16,30-36H2,1-3H3,(H2,37,38,39,40).